The minimum atomic E-state index is -4.00. The molecule has 0 aromatic rings. The van der Waals surface area contributed by atoms with E-state index in [1.807, 2.05) is 0 Å². The van der Waals surface area contributed by atoms with Gasteiger partial charge in [0, 0.05) is 0 Å². The van der Waals surface area contributed by atoms with E-state index in [2.05, 4.69) is 4.52 Å². The summed E-state index contributed by atoms with van der Waals surface area (Å²) in [5, 5.41) is 8.67. The molecule has 0 aliphatic rings. The summed E-state index contributed by atoms with van der Waals surface area (Å²) in [5.41, 5.74) is 5.23. The largest absolute Gasteiger partial charge is 0.532 e. The third kappa shape index (κ3) is 6.75. The number of hydrogen-bond donors (Lipinski definition) is 2. The first-order valence-electron chi connectivity index (χ1n) is 5.27. The molecule has 0 amide bonds. The van der Waals surface area contributed by atoms with Crippen LogP contribution in [0.4, 0.5) is 0 Å². The van der Waals surface area contributed by atoms with Gasteiger partial charge in [-0.05, 0) is 27.7 Å². The summed E-state index contributed by atoms with van der Waals surface area (Å²) in [4.78, 5) is 11.3. The predicted molar refractivity (Wildman–Crippen MR) is 61.2 cm³/mol. The lowest BCUT2D eigenvalue weighted by Crippen LogP contribution is -2.35. The second kappa shape index (κ2) is 7.08. The Balaban J connectivity index is 4.70. The first-order valence-corrected chi connectivity index (χ1v) is 6.73. The van der Waals surface area contributed by atoms with Gasteiger partial charge in [0.1, 0.15) is 6.04 Å². The van der Waals surface area contributed by atoms with E-state index in [4.69, 9.17) is 19.9 Å². The molecule has 0 saturated carbocycles. The first-order chi connectivity index (χ1) is 7.70. The number of aliphatic hydroxyl groups is 1. The van der Waals surface area contributed by atoms with Crippen LogP contribution in [0.2, 0.25) is 0 Å². The van der Waals surface area contributed by atoms with Crippen LogP contribution in [0, 0.1) is 0 Å². The Morgan fingerprint density at radius 1 is 1.24 bits per heavy atom. The number of hydrogen-bond acceptors (Lipinski definition) is 7. The molecule has 7 nitrogen and oxygen atoms in total. The van der Waals surface area contributed by atoms with E-state index in [1.165, 1.54) is 0 Å². The van der Waals surface area contributed by atoms with Crippen LogP contribution < -0.4 is 5.73 Å². The number of phosphoric acid groups is 1. The lowest BCUT2D eigenvalue weighted by molar-refractivity contribution is -0.139. The van der Waals surface area contributed by atoms with Crippen LogP contribution in [0.25, 0.3) is 0 Å². The molecule has 0 aromatic carbocycles. The highest BCUT2D eigenvalue weighted by Gasteiger charge is 2.35. The van der Waals surface area contributed by atoms with Crippen molar-refractivity contribution in [3.05, 3.63) is 0 Å². The predicted octanol–water partition coefficient (Wildman–Crippen LogP) is 0.807. The lowest BCUT2D eigenvalue weighted by atomic mass is 10.3. The van der Waals surface area contributed by atoms with Crippen molar-refractivity contribution < 1.29 is 28.0 Å². The zero-order valence-corrected chi connectivity index (χ0v) is 11.3. The van der Waals surface area contributed by atoms with Crippen LogP contribution in [0.5, 0.6) is 0 Å². The van der Waals surface area contributed by atoms with Gasteiger partial charge in [-0.1, -0.05) is 0 Å². The van der Waals surface area contributed by atoms with Crippen LogP contribution in [0.3, 0.4) is 0 Å². The lowest BCUT2D eigenvalue weighted by Gasteiger charge is -2.22. The molecule has 0 fully saturated rings. The molecule has 0 aromatic heterocycles. The zero-order chi connectivity index (χ0) is 13.6. The molecule has 102 valence electrons. The number of carbonyl (C=O) groups excluding carboxylic acids is 1. The highest BCUT2D eigenvalue weighted by molar-refractivity contribution is 7.49. The van der Waals surface area contributed by atoms with Crippen molar-refractivity contribution in [1.82, 2.24) is 0 Å². The topological polar surface area (TPSA) is 108 Å². The van der Waals surface area contributed by atoms with Crippen LogP contribution in [-0.4, -0.2) is 35.9 Å². The molecule has 0 heterocycles. The average Bonchev–Trinajstić information content (AvgIpc) is 2.12. The summed E-state index contributed by atoms with van der Waals surface area (Å²) in [6.07, 6.45) is -0.893. The van der Waals surface area contributed by atoms with E-state index >= 15 is 0 Å². The van der Waals surface area contributed by atoms with Gasteiger partial charge in [-0.25, -0.2) is 9.36 Å². The number of aliphatic hydroxyl groups excluding tert-OH is 1. The summed E-state index contributed by atoms with van der Waals surface area (Å²) in [7, 11) is -4.00. The molecule has 17 heavy (non-hydrogen) atoms. The Labute approximate surface area is 101 Å². The molecule has 1 atom stereocenters. The minimum absolute atomic E-state index is 0.447. The fraction of sp³-hybridized carbons (Fsp3) is 0.889. The summed E-state index contributed by atoms with van der Waals surface area (Å²) >= 11 is 0. The summed E-state index contributed by atoms with van der Waals surface area (Å²) < 4.78 is 26.6. The van der Waals surface area contributed by atoms with Crippen molar-refractivity contribution in [3.8, 4) is 0 Å². The number of phosphoric ester groups is 1. The molecular weight excluding hydrogens is 249 g/mol. The van der Waals surface area contributed by atoms with Gasteiger partial charge in [0.2, 0.25) is 0 Å². The third-order valence-corrected chi connectivity index (χ3v) is 3.14. The molecule has 0 aliphatic heterocycles. The molecule has 0 saturated heterocycles. The summed E-state index contributed by atoms with van der Waals surface area (Å²) in [5.74, 6) is -1.03. The van der Waals surface area contributed by atoms with Gasteiger partial charge < -0.3 is 15.4 Å². The van der Waals surface area contributed by atoms with E-state index in [0.29, 0.717) is 0 Å². The van der Waals surface area contributed by atoms with Gasteiger partial charge in [0.25, 0.3) is 0 Å². The normalized spacial score (nSPS) is 14.1. The van der Waals surface area contributed by atoms with Crippen molar-refractivity contribution >= 4 is 13.8 Å². The molecule has 0 spiro atoms. The maximum absolute atomic E-state index is 12.0. The second-order valence-electron chi connectivity index (χ2n) is 3.95. The second-order valence-corrected chi connectivity index (χ2v) is 5.45. The van der Waals surface area contributed by atoms with E-state index in [9.17, 15) is 9.36 Å². The first kappa shape index (κ1) is 16.5. The Bertz CT molecular complexity index is 279. The van der Waals surface area contributed by atoms with Crippen LogP contribution >= 0.6 is 7.82 Å². The van der Waals surface area contributed by atoms with Gasteiger partial charge in [0.15, 0.2) is 0 Å². The smallest absolute Gasteiger partial charge is 0.394 e. The van der Waals surface area contributed by atoms with Crippen molar-refractivity contribution in [2.75, 3.05) is 6.61 Å². The van der Waals surface area contributed by atoms with E-state index in [-0.39, 0.29) is 0 Å². The summed E-state index contributed by atoms with van der Waals surface area (Å²) in [6, 6.07) is -1.27. The monoisotopic (exact) mass is 269 g/mol. The van der Waals surface area contributed by atoms with Gasteiger partial charge in [-0.2, -0.15) is 0 Å². The Kier molecular flexibility index (Phi) is 6.89. The Morgan fingerprint density at radius 2 is 1.65 bits per heavy atom. The van der Waals surface area contributed by atoms with Gasteiger partial charge >= 0.3 is 13.8 Å². The van der Waals surface area contributed by atoms with Crippen LogP contribution in [-0.2, 0) is 22.9 Å². The fourth-order valence-corrected chi connectivity index (χ4v) is 2.36. The molecule has 0 radical (unpaired) electrons. The number of rotatable bonds is 7. The third-order valence-electron chi connectivity index (χ3n) is 1.38. The van der Waals surface area contributed by atoms with Crippen LogP contribution in [0.15, 0.2) is 0 Å². The quantitative estimate of drug-likeness (QED) is 0.658. The van der Waals surface area contributed by atoms with E-state index in [0.717, 1.165) is 0 Å². The minimum Gasteiger partial charge on any atom is -0.394 e. The number of nitrogens with two attached hydrogens (primary N) is 1. The Morgan fingerprint density at radius 3 is 1.94 bits per heavy atom. The fourth-order valence-electron chi connectivity index (χ4n) is 0.837. The van der Waals surface area contributed by atoms with Crippen molar-refractivity contribution in [2.45, 2.75) is 45.9 Å². The molecule has 0 rings (SSSR count). The SMILES string of the molecule is CC(C)OP(=O)(OC(=O)[C@@H](N)CO)OC(C)C. The van der Waals surface area contributed by atoms with E-state index < -0.39 is 38.6 Å². The maximum atomic E-state index is 12.0. The molecule has 0 aliphatic carbocycles. The highest BCUT2D eigenvalue weighted by atomic mass is 31.2. The van der Waals surface area contributed by atoms with Gasteiger partial charge in [0.05, 0.1) is 18.8 Å². The zero-order valence-electron chi connectivity index (χ0n) is 10.5. The Hall–Kier alpha value is -0.460. The molecular formula is C9H20NO6P. The maximum Gasteiger partial charge on any atom is 0.532 e. The van der Waals surface area contributed by atoms with Gasteiger partial charge in [-0.3, -0.25) is 9.05 Å². The van der Waals surface area contributed by atoms with Crippen molar-refractivity contribution in [1.29, 1.82) is 0 Å². The number of carbonyl (C=O) groups is 1. The average molecular weight is 269 g/mol. The highest BCUT2D eigenvalue weighted by Crippen LogP contribution is 2.51. The molecule has 3 N–H and O–H groups in total. The standard InChI is InChI=1S/C9H20NO6P/c1-6(2)14-17(13,15-7(3)4)16-9(12)8(10)5-11/h6-8,11H,5,10H2,1-4H3/t8-/m0/s1. The van der Waals surface area contributed by atoms with Crippen molar-refractivity contribution in [3.63, 3.8) is 0 Å². The van der Waals surface area contributed by atoms with Crippen LogP contribution in [0.1, 0.15) is 27.7 Å². The van der Waals surface area contributed by atoms with Crippen molar-refractivity contribution in [2.24, 2.45) is 5.73 Å². The molecule has 0 bridgehead atoms. The summed E-state index contributed by atoms with van der Waals surface area (Å²) in [6.45, 7) is 5.88. The van der Waals surface area contributed by atoms with Gasteiger partial charge in [-0.15, -0.1) is 0 Å². The molecule has 0 unspecified atom stereocenters. The molecule has 8 heteroatoms. The van der Waals surface area contributed by atoms with E-state index in [1.54, 1.807) is 27.7 Å².